The van der Waals surface area contributed by atoms with Crippen molar-refractivity contribution in [1.29, 1.82) is 0 Å². The zero-order valence-electron chi connectivity index (χ0n) is 25.8. The second-order valence-electron chi connectivity index (χ2n) is 12.9. The molecule has 5 rings (SSSR count). The van der Waals surface area contributed by atoms with Gasteiger partial charge >= 0.3 is 11.9 Å². The van der Waals surface area contributed by atoms with E-state index in [0.29, 0.717) is 30.2 Å². The largest absolute Gasteiger partial charge is 0.481 e. The summed E-state index contributed by atoms with van der Waals surface area (Å²) in [6.07, 6.45) is 1.79. The number of nitro benzene ring substituents is 1. The lowest BCUT2D eigenvalue weighted by atomic mass is 9.51. The molecule has 3 N–H and O–H groups in total. The summed E-state index contributed by atoms with van der Waals surface area (Å²) in [7, 11) is 0. The quantitative estimate of drug-likeness (QED) is 0.183. The van der Waals surface area contributed by atoms with Crippen LogP contribution in [0.15, 0.2) is 78.9 Å². The van der Waals surface area contributed by atoms with Crippen LogP contribution < -0.4 is 5.32 Å². The minimum absolute atomic E-state index is 0.165. The van der Waals surface area contributed by atoms with Crippen LogP contribution in [0.4, 0.5) is 5.69 Å². The van der Waals surface area contributed by atoms with Crippen LogP contribution in [-0.2, 0) is 15.0 Å². The third-order valence-electron chi connectivity index (χ3n) is 10.8. The minimum Gasteiger partial charge on any atom is -0.481 e. The lowest BCUT2D eigenvalue weighted by molar-refractivity contribution is -0.385. The summed E-state index contributed by atoms with van der Waals surface area (Å²) in [5.41, 5.74) is -0.791. The van der Waals surface area contributed by atoms with Crippen LogP contribution in [0.1, 0.15) is 62.6 Å². The van der Waals surface area contributed by atoms with Gasteiger partial charge in [-0.15, -0.1) is 0 Å². The van der Waals surface area contributed by atoms with Crippen molar-refractivity contribution in [2.45, 2.75) is 63.5 Å². The molecule has 45 heavy (non-hydrogen) atoms. The number of piperidine rings is 2. The molecule has 0 spiro atoms. The van der Waals surface area contributed by atoms with Gasteiger partial charge in [0.25, 0.3) is 5.69 Å². The first-order valence-electron chi connectivity index (χ1n) is 15.4. The maximum absolute atomic E-state index is 13.5. The van der Waals surface area contributed by atoms with E-state index in [1.54, 1.807) is 26.8 Å². The monoisotopic (exact) mass is 633 g/mol. The van der Waals surface area contributed by atoms with E-state index in [2.05, 4.69) is 34.5 Å². The summed E-state index contributed by atoms with van der Waals surface area (Å²) in [6, 6.07) is 23.0. The van der Waals surface area contributed by atoms with Gasteiger partial charge in [-0.2, -0.15) is 0 Å². The number of carbonyl (C=O) groups is 2. The SMILES string of the molecule is CC1NC(C)C(CCN2CCC(c3ccccc3)(c3ccc(Cl)cc3)CC2)(C(=O)O)C(c2cccc([N+](=O)[O-])c2)C1(C)C(=O)O. The highest BCUT2D eigenvalue weighted by Gasteiger charge is 2.65. The van der Waals surface area contributed by atoms with E-state index >= 15 is 0 Å². The molecular weight excluding hydrogens is 594 g/mol. The fraction of sp³-hybridized carbons (Fsp3) is 0.429. The molecule has 0 aromatic heterocycles. The number of hydrogen-bond acceptors (Lipinski definition) is 6. The maximum atomic E-state index is 13.5. The molecule has 9 nitrogen and oxygen atoms in total. The van der Waals surface area contributed by atoms with Crippen molar-refractivity contribution in [2.75, 3.05) is 19.6 Å². The van der Waals surface area contributed by atoms with Gasteiger partial charge < -0.3 is 20.4 Å². The molecule has 0 saturated carbocycles. The lowest BCUT2D eigenvalue weighted by Crippen LogP contribution is -2.69. The van der Waals surface area contributed by atoms with Crippen molar-refractivity contribution in [2.24, 2.45) is 10.8 Å². The van der Waals surface area contributed by atoms with Crippen molar-refractivity contribution in [3.8, 4) is 0 Å². The Bertz CT molecular complexity index is 1560. The molecule has 2 saturated heterocycles. The number of aliphatic carboxylic acids is 2. The Hall–Kier alpha value is -3.79. The number of likely N-dealkylation sites (tertiary alicyclic amines) is 1. The molecule has 5 atom stereocenters. The van der Waals surface area contributed by atoms with Gasteiger partial charge in [0, 0.05) is 40.6 Å². The molecule has 10 heteroatoms. The molecule has 2 aliphatic heterocycles. The summed E-state index contributed by atoms with van der Waals surface area (Å²) in [6.45, 7) is 6.94. The van der Waals surface area contributed by atoms with Crippen molar-refractivity contribution >= 4 is 29.2 Å². The number of nitrogens with one attached hydrogen (secondary N) is 1. The van der Waals surface area contributed by atoms with Gasteiger partial charge in [0.05, 0.1) is 15.8 Å². The van der Waals surface area contributed by atoms with Gasteiger partial charge in [-0.3, -0.25) is 19.7 Å². The Morgan fingerprint density at radius 2 is 1.56 bits per heavy atom. The van der Waals surface area contributed by atoms with Crippen molar-refractivity contribution in [3.05, 3.63) is 111 Å². The van der Waals surface area contributed by atoms with Crippen LogP contribution in [0.25, 0.3) is 0 Å². The van der Waals surface area contributed by atoms with E-state index in [1.165, 1.54) is 29.3 Å². The summed E-state index contributed by atoms with van der Waals surface area (Å²) in [5, 5.41) is 37.3. The Labute approximate surface area is 268 Å². The predicted octanol–water partition coefficient (Wildman–Crippen LogP) is 6.35. The normalized spacial score (nSPS) is 28.3. The Morgan fingerprint density at radius 3 is 2.13 bits per heavy atom. The van der Waals surface area contributed by atoms with E-state index in [1.807, 2.05) is 30.3 Å². The predicted molar refractivity (Wildman–Crippen MR) is 173 cm³/mol. The molecule has 0 bridgehead atoms. The number of hydrogen-bond donors (Lipinski definition) is 3. The summed E-state index contributed by atoms with van der Waals surface area (Å²) in [4.78, 5) is 39.9. The molecule has 5 unspecified atom stereocenters. The third kappa shape index (κ3) is 5.62. The van der Waals surface area contributed by atoms with Crippen molar-refractivity contribution < 1.29 is 24.7 Å². The number of rotatable bonds is 9. The second kappa shape index (κ2) is 12.5. The van der Waals surface area contributed by atoms with E-state index in [-0.39, 0.29) is 17.5 Å². The number of benzene rings is 3. The number of nitrogens with zero attached hydrogens (tertiary/aromatic N) is 2. The molecule has 238 valence electrons. The van der Waals surface area contributed by atoms with Gasteiger partial charge in [-0.25, -0.2) is 0 Å². The Balaban J connectivity index is 1.49. The third-order valence-corrected chi connectivity index (χ3v) is 11.1. The summed E-state index contributed by atoms with van der Waals surface area (Å²) < 4.78 is 0. The fourth-order valence-corrected chi connectivity index (χ4v) is 8.18. The van der Waals surface area contributed by atoms with Gasteiger partial charge in [0.1, 0.15) is 0 Å². The first-order chi connectivity index (χ1) is 21.4. The highest BCUT2D eigenvalue weighted by Crippen LogP contribution is 2.57. The van der Waals surface area contributed by atoms with Gasteiger partial charge in [-0.05, 0) is 88.5 Å². The van der Waals surface area contributed by atoms with E-state index in [4.69, 9.17) is 11.6 Å². The Kier molecular flexibility index (Phi) is 9.08. The molecule has 2 heterocycles. The van der Waals surface area contributed by atoms with Gasteiger partial charge in [0.15, 0.2) is 0 Å². The molecule has 0 amide bonds. The molecule has 3 aromatic carbocycles. The lowest BCUT2D eigenvalue weighted by Gasteiger charge is -2.56. The molecular formula is C35H40ClN3O6. The average Bonchev–Trinajstić information content (AvgIpc) is 3.03. The van der Waals surface area contributed by atoms with Crippen molar-refractivity contribution in [1.82, 2.24) is 10.2 Å². The molecule has 2 fully saturated rings. The van der Waals surface area contributed by atoms with Crippen LogP contribution in [0, 0.1) is 20.9 Å². The number of non-ortho nitro benzene ring substituents is 1. The smallest absolute Gasteiger partial charge is 0.311 e. The zero-order chi connectivity index (χ0) is 32.6. The zero-order valence-corrected chi connectivity index (χ0v) is 26.5. The molecule has 2 aliphatic rings. The van der Waals surface area contributed by atoms with Crippen LogP contribution >= 0.6 is 11.6 Å². The summed E-state index contributed by atoms with van der Waals surface area (Å²) >= 11 is 6.23. The average molecular weight is 634 g/mol. The standard InChI is InChI=1S/C35H40ClN3O6/c1-23-33(3,31(40)41)30(25-8-7-11-29(22-25)39(44)45)35(32(42)43,24(2)37-23)18-21-38-19-16-34(17-20-38,26-9-5-4-6-10-26)27-12-14-28(36)15-13-27/h4-15,22-24,30,37H,16-21H2,1-3H3,(H,40,41)(H,42,43). The Morgan fingerprint density at radius 1 is 0.933 bits per heavy atom. The van der Waals surface area contributed by atoms with Gasteiger partial charge in [0.2, 0.25) is 0 Å². The maximum Gasteiger partial charge on any atom is 0.311 e. The highest BCUT2D eigenvalue weighted by molar-refractivity contribution is 6.30. The van der Waals surface area contributed by atoms with Gasteiger partial charge in [-0.1, -0.05) is 66.2 Å². The first-order valence-corrected chi connectivity index (χ1v) is 15.7. The van der Waals surface area contributed by atoms with E-state index in [9.17, 15) is 29.9 Å². The van der Waals surface area contributed by atoms with E-state index in [0.717, 1.165) is 12.8 Å². The number of carboxylic acids is 2. The summed E-state index contributed by atoms with van der Waals surface area (Å²) in [5.74, 6) is -3.30. The van der Waals surface area contributed by atoms with Crippen molar-refractivity contribution in [3.63, 3.8) is 0 Å². The van der Waals surface area contributed by atoms with Crippen LogP contribution in [0.2, 0.25) is 5.02 Å². The van der Waals surface area contributed by atoms with E-state index < -0.39 is 45.7 Å². The first kappa shape index (κ1) is 32.6. The number of halogens is 1. The highest BCUT2D eigenvalue weighted by atomic mass is 35.5. The minimum atomic E-state index is -1.56. The van der Waals surface area contributed by atoms with Crippen LogP contribution in [0.3, 0.4) is 0 Å². The molecule has 3 aromatic rings. The number of carboxylic acid groups (broad SMARTS) is 2. The number of nitro groups is 1. The van der Waals surface area contributed by atoms with Crippen LogP contribution in [-0.4, -0.2) is 63.7 Å². The molecule has 0 aliphatic carbocycles. The van der Waals surface area contributed by atoms with Crippen LogP contribution in [0.5, 0.6) is 0 Å². The fourth-order valence-electron chi connectivity index (χ4n) is 8.05. The second-order valence-corrected chi connectivity index (χ2v) is 13.3. The molecule has 0 radical (unpaired) electrons. The topological polar surface area (TPSA) is 133 Å².